The quantitative estimate of drug-likeness (QED) is 0.749. The van der Waals surface area contributed by atoms with Crippen LogP contribution < -0.4 is 5.32 Å². The number of hydrogen-bond donors (Lipinski definition) is 2. The van der Waals surface area contributed by atoms with Gasteiger partial charge in [-0.15, -0.1) is 0 Å². The fourth-order valence-corrected chi connectivity index (χ4v) is 4.06. The van der Waals surface area contributed by atoms with Crippen molar-refractivity contribution in [3.8, 4) is 0 Å². The summed E-state index contributed by atoms with van der Waals surface area (Å²) in [5, 5.41) is 12.2. The molecule has 1 aliphatic rings. The van der Waals surface area contributed by atoms with Gasteiger partial charge in [-0.3, -0.25) is 0 Å². The van der Waals surface area contributed by atoms with Crippen LogP contribution in [0.25, 0.3) is 0 Å². The van der Waals surface area contributed by atoms with Crippen molar-refractivity contribution in [2.75, 3.05) is 12.9 Å². The normalized spacial score (nSPS) is 27.6. The summed E-state index contributed by atoms with van der Waals surface area (Å²) in [7, 11) is -2.96. The third-order valence-corrected chi connectivity index (χ3v) is 5.34. The largest absolute Gasteiger partial charge is 0.396 e. The molecule has 102 valence electrons. The first-order valence-electron chi connectivity index (χ1n) is 6.42. The minimum Gasteiger partial charge on any atom is -0.396 e. The molecule has 0 aromatic carbocycles. The molecule has 0 aliphatic heterocycles. The van der Waals surface area contributed by atoms with Crippen LogP contribution in [-0.2, 0) is 9.84 Å². The molecular weight excluding hydrogens is 238 g/mol. The van der Waals surface area contributed by atoms with Crippen molar-refractivity contribution in [2.45, 2.75) is 56.9 Å². The van der Waals surface area contributed by atoms with E-state index in [9.17, 15) is 8.42 Å². The Hall–Kier alpha value is -0.130. The van der Waals surface area contributed by atoms with Gasteiger partial charge in [-0.05, 0) is 25.2 Å². The van der Waals surface area contributed by atoms with Crippen molar-refractivity contribution in [3.63, 3.8) is 0 Å². The molecular formula is C12H25NO3S. The van der Waals surface area contributed by atoms with Crippen molar-refractivity contribution in [1.29, 1.82) is 0 Å². The number of nitrogens with one attached hydrogen (secondary N) is 1. The van der Waals surface area contributed by atoms with Crippen LogP contribution in [0.4, 0.5) is 0 Å². The molecule has 3 unspecified atom stereocenters. The van der Waals surface area contributed by atoms with Crippen LogP contribution >= 0.6 is 0 Å². The van der Waals surface area contributed by atoms with E-state index in [1.807, 2.05) is 0 Å². The lowest BCUT2D eigenvalue weighted by atomic mass is 10.00. The minimum atomic E-state index is -2.96. The van der Waals surface area contributed by atoms with Gasteiger partial charge in [0.15, 0.2) is 9.84 Å². The number of aliphatic hydroxyl groups is 1. The van der Waals surface area contributed by atoms with Crippen molar-refractivity contribution in [3.05, 3.63) is 0 Å². The van der Waals surface area contributed by atoms with Crippen molar-refractivity contribution >= 4 is 9.84 Å². The predicted molar refractivity (Wildman–Crippen MR) is 69.7 cm³/mol. The van der Waals surface area contributed by atoms with E-state index in [1.165, 1.54) is 6.26 Å². The Labute approximate surface area is 105 Å². The highest BCUT2D eigenvalue weighted by molar-refractivity contribution is 7.91. The fraction of sp³-hybridized carbons (Fsp3) is 1.00. The Bertz CT molecular complexity index is 327. The maximum atomic E-state index is 11.7. The Morgan fingerprint density at radius 3 is 2.47 bits per heavy atom. The van der Waals surface area contributed by atoms with Crippen LogP contribution in [0.2, 0.25) is 0 Å². The molecule has 2 N–H and O–H groups in total. The predicted octanol–water partition coefficient (Wildman–Crippen LogP) is 0.949. The molecule has 3 atom stereocenters. The van der Waals surface area contributed by atoms with E-state index in [1.54, 1.807) is 0 Å². The first kappa shape index (κ1) is 14.9. The second-order valence-electron chi connectivity index (χ2n) is 5.43. The molecule has 0 spiro atoms. The molecule has 0 bridgehead atoms. The maximum Gasteiger partial charge on any atom is 0.151 e. The Morgan fingerprint density at radius 2 is 2.00 bits per heavy atom. The molecule has 1 aliphatic carbocycles. The Balaban J connectivity index is 2.65. The SMILES string of the molecule is CC(C)C(CCO)NC1CCCC1S(C)(=O)=O. The van der Waals surface area contributed by atoms with Crippen LogP contribution in [0.5, 0.6) is 0 Å². The zero-order valence-corrected chi connectivity index (χ0v) is 11.8. The van der Waals surface area contributed by atoms with Crippen molar-refractivity contribution in [2.24, 2.45) is 5.92 Å². The third kappa shape index (κ3) is 4.23. The van der Waals surface area contributed by atoms with Gasteiger partial charge in [0.2, 0.25) is 0 Å². The Kier molecular flexibility index (Phi) is 5.41. The minimum absolute atomic E-state index is 0.0592. The highest BCUT2D eigenvalue weighted by Gasteiger charge is 2.35. The van der Waals surface area contributed by atoms with E-state index in [4.69, 9.17) is 5.11 Å². The molecule has 0 radical (unpaired) electrons. The molecule has 4 nitrogen and oxygen atoms in total. The van der Waals surface area contributed by atoms with Gasteiger partial charge in [0.05, 0.1) is 5.25 Å². The summed E-state index contributed by atoms with van der Waals surface area (Å²) < 4.78 is 23.3. The van der Waals surface area contributed by atoms with Crippen LogP contribution in [0, 0.1) is 5.92 Å². The number of aliphatic hydroxyl groups excluding tert-OH is 1. The second kappa shape index (κ2) is 6.16. The standard InChI is InChI=1S/C12H25NO3S/c1-9(2)10(7-8-14)13-11-5-4-6-12(11)17(3,15)16/h9-14H,4-8H2,1-3H3. The summed E-state index contributed by atoms with van der Waals surface area (Å²) in [6, 6.07) is 0.260. The zero-order chi connectivity index (χ0) is 13.1. The summed E-state index contributed by atoms with van der Waals surface area (Å²) in [6.07, 6.45) is 4.67. The highest BCUT2D eigenvalue weighted by atomic mass is 32.2. The van der Waals surface area contributed by atoms with E-state index < -0.39 is 9.84 Å². The molecule has 0 aromatic rings. The van der Waals surface area contributed by atoms with Gasteiger partial charge in [-0.2, -0.15) is 0 Å². The topological polar surface area (TPSA) is 66.4 Å². The average molecular weight is 263 g/mol. The average Bonchev–Trinajstić information content (AvgIpc) is 2.64. The lowest BCUT2D eigenvalue weighted by Crippen LogP contribution is -2.47. The molecule has 5 heteroatoms. The van der Waals surface area contributed by atoms with Crippen molar-refractivity contribution < 1.29 is 13.5 Å². The summed E-state index contributed by atoms with van der Waals surface area (Å²) >= 11 is 0. The molecule has 0 saturated heterocycles. The smallest absolute Gasteiger partial charge is 0.151 e. The van der Waals surface area contributed by atoms with Gasteiger partial charge < -0.3 is 10.4 Å². The van der Waals surface area contributed by atoms with Crippen LogP contribution in [0.1, 0.15) is 39.5 Å². The van der Waals surface area contributed by atoms with Gasteiger partial charge in [0, 0.05) is 24.9 Å². The summed E-state index contributed by atoms with van der Waals surface area (Å²) in [6.45, 7) is 4.33. The molecule has 1 fully saturated rings. The van der Waals surface area contributed by atoms with Crippen LogP contribution in [-0.4, -0.2) is 43.7 Å². The monoisotopic (exact) mass is 263 g/mol. The van der Waals surface area contributed by atoms with Gasteiger partial charge in [0.1, 0.15) is 0 Å². The molecule has 1 saturated carbocycles. The first-order valence-corrected chi connectivity index (χ1v) is 8.37. The van der Waals surface area contributed by atoms with Gasteiger partial charge in [-0.25, -0.2) is 8.42 Å². The van der Waals surface area contributed by atoms with Gasteiger partial charge in [-0.1, -0.05) is 20.3 Å². The molecule has 17 heavy (non-hydrogen) atoms. The van der Waals surface area contributed by atoms with Crippen molar-refractivity contribution in [1.82, 2.24) is 5.32 Å². The lowest BCUT2D eigenvalue weighted by Gasteiger charge is -2.28. The Morgan fingerprint density at radius 1 is 1.35 bits per heavy atom. The molecule has 1 rings (SSSR count). The van der Waals surface area contributed by atoms with E-state index in [2.05, 4.69) is 19.2 Å². The molecule has 0 amide bonds. The summed E-state index contributed by atoms with van der Waals surface area (Å²) in [5.41, 5.74) is 0. The summed E-state index contributed by atoms with van der Waals surface area (Å²) in [4.78, 5) is 0. The highest BCUT2D eigenvalue weighted by Crippen LogP contribution is 2.26. The van der Waals surface area contributed by atoms with E-state index in [-0.39, 0.29) is 23.9 Å². The van der Waals surface area contributed by atoms with E-state index in [0.717, 1.165) is 19.3 Å². The van der Waals surface area contributed by atoms with E-state index in [0.29, 0.717) is 12.3 Å². The molecule has 0 aromatic heterocycles. The fourth-order valence-electron chi connectivity index (χ4n) is 2.65. The maximum absolute atomic E-state index is 11.7. The van der Waals surface area contributed by atoms with Crippen LogP contribution in [0.3, 0.4) is 0 Å². The summed E-state index contributed by atoms with van der Waals surface area (Å²) in [5.74, 6) is 0.406. The lowest BCUT2D eigenvalue weighted by molar-refractivity contribution is 0.235. The van der Waals surface area contributed by atoms with Gasteiger partial charge in [0.25, 0.3) is 0 Å². The zero-order valence-electron chi connectivity index (χ0n) is 11.0. The number of sulfone groups is 1. The van der Waals surface area contributed by atoms with Crippen LogP contribution in [0.15, 0.2) is 0 Å². The number of hydrogen-bond acceptors (Lipinski definition) is 4. The first-order chi connectivity index (χ1) is 7.86. The van der Waals surface area contributed by atoms with Gasteiger partial charge >= 0.3 is 0 Å². The second-order valence-corrected chi connectivity index (χ2v) is 7.70. The van der Waals surface area contributed by atoms with E-state index >= 15 is 0 Å². The number of rotatable bonds is 6. The third-order valence-electron chi connectivity index (χ3n) is 3.68. The molecule has 0 heterocycles.